The number of nitrogens with one attached hydrogen (secondary N) is 2. The summed E-state index contributed by atoms with van der Waals surface area (Å²) in [7, 11) is 0. The Balaban J connectivity index is 1.38. The molecule has 1 atom stereocenters. The third kappa shape index (κ3) is 3.48. The van der Waals surface area contributed by atoms with Gasteiger partial charge in [0.25, 0.3) is 0 Å². The maximum Gasteiger partial charge on any atom is 0.241 e. The molecule has 0 aromatic heterocycles. The molecule has 4 fully saturated rings. The minimum Gasteiger partial charge on any atom is -0.325 e. The van der Waals surface area contributed by atoms with E-state index in [1.54, 1.807) is 0 Å². The van der Waals surface area contributed by atoms with E-state index in [1.165, 1.54) is 44.1 Å². The lowest BCUT2D eigenvalue weighted by Gasteiger charge is -2.57. The van der Waals surface area contributed by atoms with Gasteiger partial charge in [-0.25, -0.2) is 0 Å². The SMILES string of the molecule is CC(NC12CC3CC(CC(C3)C1)C2)C(=O)Nc1ccc(C(C)C)cc1. The Kier molecular flexibility index (Phi) is 4.39. The number of benzene rings is 1. The first kappa shape index (κ1) is 17.1. The van der Waals surface area contributed by atoms with E-state index in [2.05, 4.69) is 36.6 Å². The number of hydrogen-bond acceptors (Lipinski definition) is 2. The van der Waals surface area contributed by atoms with Crippen molar-refractivity contribution in [3.8, 4) is 0 Å². The fraction of sp³-hybridized carbons (Fsp3) is 0.682. The number of rotatable bonds is 5. The normalized spacial score (nSPS) is 34.3. The first-order valence-corrected chi connectivity index (χ1v) is 10.1. The van der Waals surface area contributed by atoms with E-state index in [4.69, 9.17) is 0 Å². The van der Waals surface area contributed by atoms with Crippen LogP contribution in [0.5, 0.6) is 0 Å². The molecule has 1 unspecified atom stereocenters. The van der Waals surface area contributed by atoms with Crippen molar-refractivity contribution >= 4 is 11.6 Å². The molecule has 4 aliphatic carbocycles. The van der Waals surface area contributed by atoms with Crippen LogP contribution < -0.4 is 10.6 Å². The second-order valence-electron chi connectivity index (χ2n) is 9.33. The summed E-state index contributed by atoms with van der Waals surface area (Å²) in [5.74, 6) is 3.31. The summed E-state index contributed by atoms with van der Waals surface area (Å²) >= 11 is 0. The molecule has 3 heteroatoms. The van der Waals surface area contributed by atoms with Crippen molar-refractivity contribution in [3.63, 3.8) is 0 Å². The van der Waals surface area contributed by atoms with Crippen LogP contribution in [0.1, 0.15) is 70.8 Å². The molecule has 0 heterocycles. The summed E-state index contributed by atoms with van der Waals surface area (Å²) in [4.78, 5) is 12.7. The van der Waals surface area contributed by atoms with Gasteiger partial charge in [-0.05, 0) is 86.8 Å². The molecule has 0 saturated heterocycles. The summed E-state index contributed by atoms with van der Waals surface area (Å²) in [6.07, 6.45) is 8.14. The number of carbonyl (C=O) groups excluding carboxylic acids is 1. The Bertz CT molecular complexity index is 599. The quantitative estimate of drug-likeness (QED) is 0.816. The molecule has 0 radical (unpaired) electrons. The van der Waals surface area contributed by atoms with Gasteiger partial charge in [-0.3, -0.25) is 4.79 Å². The molecule has 0 aliphatic heterocycles. The molecule has 136 valence electrons. The smallest absolute Gasteiger partial charge is 0.241 e. The van der Waals surface area contributed by atoms with Crippen LogP contribution in [0.4, 0.5) is 5.69 Å². The van der Waals surface area contributed by atoms with Gasteiger partial charge < -0.3 is 10.6 Å². The van der Waals surface area contributed by atoms with E-state index in [9.17, 15) is 4.79 Å². The molecular weight excluding hydrogens is 308 g/mol. The maximum absolute atomic E-state index is 12.7. The first-order chi connectivity index (χ1) is 11.9. The van der Waals surface area contributed by atoms with Crippen LogP contribution >= 0.6 is 0 Å². The molecule has 1 amide bonds. The van der Waals surface area contributed by atoms with Crippen LogP contribution in [0.2, 0.25) is 0 Å². The van der Waals surface area contributed by atoms with Crippen molar-refractivity contribution in [3.05, 3.63) is 29.8 Å². The number of carbonyl (C=O) groups is 1. The highest BCUT2D eigenvalue weighted by Gasteiger charge is 2.51. The lowest BCUT2D eigenvalue weighted by Crippen LogP contribution is -2.62. The van der Waals surface area contributed by atoms with Crippen molar-refractivity contribution in [2.24, 2.45) is 17.8 Å². The van der Waals surface area contributed by atoms with Crippen molar-refractivity contribution < 1.29 is 4.79 Å². The molecular formula is C22H32N2O. The summed E-state index contributed by atoms with van der Waals surface area (Å²) < 4.78 is 0. The zero-order valence-corrected chi connectivity index (χ0v) is 15.8. The van der Waals surface area contributed by atoms with Gasteiger partial charge in [-0.15, -0.1) is 0 Å². The predicted molar refractivity (Wildman–Crippen MR) is 103 cm³/mol. The summed E-state index contributed by atoms with van der Waals surface area (Å²) in [6.45, 7) is 6.40. The molecule has 2 N–H and O–H groups in total. The third-order valence-electron chi connectivity index (χ3n) is 6.80. The molecule has 25 heavy (non-hydrogen) atoms. The van der Waals surface area contributed by atoms with Gasteiger partial charge >= 0.3 is 0 Å². The summed E-state index contributed by atoms with van der Waals surface area (Å²) in [5, 5.41) is 6.85. The molecule has 1 aromatic rings. The molecule has 4 bridgehead atoms. The summed E-state index contributed by atoms with van der Waals surface area (Å²) in [6, 6.07) is 8.12. The van der Waals surface area contributed by atoms with E-state index in [0.717, 1.165) is 23.4 Å². The monoisotopic (exact) mass is 340 g/mol. The van der Waals surface area contributed by atoms with E-state index in [1.807, 2.05) is 19.1 Å². The number of hydrogen-bond donors (Lipinski definition) is 2. The number of amides is 1. The van der Waals surface area contributed by atoms with Gasteiger partial charge in [0.2, 0.25) is 5.91 Å². The zero-order chi connectivity index (χ0) is 17.6. The van der Waals surface area contributed by atoms with Crippen molar-refractivity contribution in [1.82, 2.24) is 5.32 Å². The fourth-order valence-corrected chi connectivity index (χ4v) is 6.01. The minimum absolute atomic E-state index is 0.0908. The second-order valence-corrected chi connectivity index (χ2v) is 9.33. The average Bonchev–Trinajstić information content (AvgIpc) is 2.53. The second kappa shape index (κ2) is 6.42. The third-order valence-corrected chi connectivity index (χ3v) is 6.80. The molecule has 4 saturated carbocycles. The molecule has 1 aromatic carbocycles. The van der Waals surface area contributed by atoms with E-state index in [0.29, 0.717) is 5.92 Å². The standard InChI is InChI=1S/C22H32N2O/c1-14(2)19-4-6-20(7-5-19)23-21(25)15(3)24-22-11-16-8-17(12-22)10-18(9-16)13-22/h4-7,14-18,24H,8-13H2,1-3H3,(H,23,25). The zero-order valence-electron chi connectivity index (χ0n) is 15.8. The van der Waals surface area contributed by atoms with Crippen LogP contribution in [-0.2, 0) is 4.79 Å². The highest BCUT2D eigenvalue weighted by Crippen LogP contribution is 2.55. The van der Waals surface area contributed by atoms with E-state index >= 15 is 0 Å². The molecule has 0 spiro atoms. The predicted octanol–water partition coefficient (Wildman–Crippen LogP) is 4.70. The van der Waals surface area contributed by atoms with Crippen LogP contribution in [0.25, 0.3) is 0 Å². The van der Waals surface area contributed by atoms with Crippen LogP contribution in [0.15, 0.2) is 24.3 Å². The Morgan fingerprint density at radius 3 is 1.96 bits per heavy atom. The lowest BCUT2D eigenvalue weighted by atomic mass is 9.53. The van der Waals surface area contributed by atoms with Gasteiger partial charge in [0.05, 0.1) is 6.04 Å². The first-order valence-electron chi connectivity index (χ1n) is 10.1. The van der Waals surface area contributed by atoms with Gasteiger partial charge in [0.1, 0.15) is 0 Å². The average molecular weight is 341 g/mol. The van der Waals surface area contributed by atoms with Crippen molar-refractivity contribution in [2.45, 2.75) is 76.8 Å². The fourth-order valence-electron chi connectivity index (χ4n) is 6.01. The minimum atomic E-state index is -0.138. The largest absolute Gasteiger partial charge is 0.325 e. The highest BCUT2D eigenvalue weighted by atomic mass is 16.2. The Hall–Kier alpha value is -1.35. The topological polar surface area (TPSA) is 41.1 Å². The van der Waals surface area contributed by atoms with E-state index in [-0.39, 0.29) is 17.5 Å². The molecule has 3 nitrogen and oxygen atoms in total. The Morgan fingerprint density at radius 2 is 1.48 bits per heavy atom. The molecule has 4 aliphatic rings. The Morgan fingerprint density at radius 1 is 0.960 bits per heavy atom. The maximum atomic E-state index is 12.7. The van der Waals surface area contributed by atoms with Crippen molar-refractivity contribution in [2.75, 3.05) is 5.32 Å². The number of anilines is 1. The van der Waals surface area contributed by atoms with Gasteiger partial charge in [-0.1, -0.05) is 26.0 Å². The van der Waals surface area contributed by atoms with Crippen LogP contribution in [0.3, 0.4) is 0 Å². The van der Waals surface area contributed by atoms with Crippen LogP contribution in [-0.4, -0.2) is 17.5 Å². The molecule has 5 rings (SSSR count). The summed E-state index contributed by atoms with van der Waals surface area (Å²) in [5.41, 5.74) is 2.43. The highest BCUT2D eigenvalue weighted by molar-refractivity contribution is 5.94. The lowest BCUT2D eigenvalue weighted by molar-refractivity contribution is -0.119. The van der Waals surface area contributed by atoms with E-state index < -0.39 is 0 Å². The van der Waals surface area contributed by atoms with Gasteiger partial charge in [-0.2, -0.15) is 0 Å². The van der Waals surface area contributed by atoms with Gasteiger partial charge in [0.15, 0.2) is 0 Å². The van der Waals surface area contributed by atoms with Gasteiger partial charge in [0, 0.05) is 11.2 Å². The van der Waals surface area contributed by atoms with Crippen LogP contribution in [0, 0.1) is 17.8 Å². The van der Waals surface area contributed by atoms with Crippen molar-refractivity contribution in [1.29, 1.82) is 0 Å². The Labute approximate surface area is 152 Å².